The molecule has 0 atom stereocenters. The number of amides is 1. The van der Waals surface area contributed by atoms with Crippen molar-refractivity contribution in [2.24, 2.45) is 0 Å². The fourth-order valence-corrected chi connectivity index (χ4v) is 3.13. The van der Waals surface area contributed by atoms with Crippen LogP contribution < -0.4 is 10.1 Å². The molecule has 0 radical (unpaired) electrons. The van der Waals surface area contributed by atoms with Crippen molar-refractivity contribution in [3.63, 3.8) is 0 Å². The Labute approximate surface area is 176 Å². The van der Waals surface area contributed by atoms with Crippen molar-refractivity contribution < 1.29 is 19.1 Å². The summed E-state index contributed by atoms with van der Waals surface area (Å²) in [5.74, 6) is 0.827. The maximum absolute atomic E-state index is 12.3. The molecule has 1 aromatic heterocycles. The van der Waals surface area contributed by atoms with Gasteiger partial charge in [0.15, 0.2) is 0 Å². The first kappa shape index (κ1) is 21.5. The Kier molecular flexibility index (Phi) is 6.52. The molecule has 1 aromatic carbocycles. The zero-order valence-corrected chi connectivity index (χ0v) is 17.8. The molecule has 2 heterocycles. The number of esters is 1. The molecule has 158 valence electrons. The number of carbonyl (C=O) groups excluding carboxylic acids is 2. The topological polar surface area (TPSA) is 80.8 Å². The molecule has 0 unspecified atom stereocenters. The molecule has 1 amide bonds. The second-order valence-corrected chi connectivity index (χ2v) is 8.18. The van der Waals surface area contributed by atoms with Gasteiger partial charge >= 0.3 is 5.97 Å². The molecule has 0 saturated carbocycles. The van der Waals surface area contributed by atoms with Crippen LogP contribution in [0, 0.1) is 0 Å². The zero-order valence-electron chi connectivity index (χ0n) is 17.8. The number of ether oxygens (including phenoxy) is 2. The molecule has 0 bridgehead atoms. The van der Waals surface area contributed by atoms with Crippen molar-refractivity contribution in [2.45, 2.75) is 39.5 Å². The summed E-state index contributed by atoms with van der Waals surface area (Å²) in [6.45, 7) is 6.91. The third-order valence-corrected chi connectivity index (χ3v) is 4.39. The predicted octanol–water partition coefficient (Wildman–Crippen LogP) is 3.40. The smallest absolute Gasteiger partial charge is 0.331 e. The molecule has 2 aromatic rings. The molecule has 0 saturated heterocycles. The lowest BCUT2D eigenvalue weighted by Crippen LogP contribution is -2.29. The number of fused-ring (bicyclic) bond motifs is 1. The van der Waals surface area contributed by atoms with Gasteiger partial charge in [0.05, 0.1) is 13.7 Å². The lowest BCUT2D eigenvalue weighted by atomic mass is 10.1. The second-order valence-electron chi connectivity index (χ2n) is 8.18. The third kappa shape index (κ3) is 6.15. The minimum absolute atomic E-state index is 0.105. The number of methoxy groups -OCH3 is 1. The van der Waals surface area contributed by atoms with Crippen LogP contribution in [0.4, 0.5) is 5.82 Å². The average Bonchev–Trinajstić information content (AvgIpc) is 2.82. The summed E-state index contributed by atoms with van der Waals surface area (Å²) in [6.07, 6.45) is 4.68. The molecule has 1 aliphatic rings. The van der Waals surface area contributed by atoms with Gasteiger partial charge in [-0.3, -0.25) is 9.69 Å². The van der Waals surface area contributed by atoms with E-state index in [1.54, 1.807) is 19.4 Å². The fourth-order valence-electron chi connectivity index (χ4n) is 3.13. The van der Waals surface area contributed by atoms with E-state index in [4.69, 9.17) is 9.47 Å². The van der Waals surface area contributed by atoms with Gasteiger partial charge in [-0.2, -0.15) is 0 Å². The first-order chi connectivity index (χ1) is 14.2. The van der Waals surface area contributed by atoms with Gasteiger partial charge in [0.25, 0.3) is 0 Å². The monoisotopic (exact) mass is 409 g/mol. The van der Waals surface area contributed by atoms with E-state index in [-0.39, 0.29) is 12.5 Å². The first-order valence-electron chi connectivity index (χ1n) is 9.77. The summed E-state index contributed by atoms with van der Waals surface area (Å²) in [5, 5.41) is 2.85. The largest absolute Gasteiger partial charge is 0.497 e. The van der Waals surface area contributed by atoms with Crippen LogP contribution in [0.5, 0.6) is 5.75 Å². The van der Waals surface area contributed by atoms with Gasteiger partial charge in [-0.15, -0.1) is 0 Å². The van der Waals surface area contributed by atoms with E-state index >= 15 is 0 Å². The van der Waals surface area contributed by atoms with Gasteiger partial charge in [-0.05, 0) is 56.2 Å². The number of hydrogen-bond acceptors (Lipinski definition) is 6. The van der Waals surface area contributed by atoms with E-state index in [0.717, 1.165) is 22.4 Å². The highest BCUT2D eigenvalue weighted by Crippen LogP contribution is 2.22. The maximum Gasteiger partial charge on any atom is 0.331 e. The van der Waals surface area contributed by atoms with Crippen molar-refractivity contribution in [1.82, 2.24) is 9.88 Å². The van der Waals surface area contributed by atoms with Crippen LogP contribution >= 0.6 is 0 Å². The van der Waals surface area contributed by atoms with E-state index in [9.17, 15) is 9.59 Å². The van der Waals surface area contributed by atoms with Gasteiger partial charge in [0.1, 0.15) is 17.2 Å². The van der Waals surface area contributed by atoms with Crippen molar-refractivity contribution in [3.05, 3.63) is 59.3 Å². The van der Waals surface area contributed by atoms with Gasteiger partial charge < -0.3 is 14.8 Å². The van der Waals surface area contributed by atoms with Crippen LogP contribution in [0.25, 0.3) is 6.08 Å². The Morgan fingerprint density at radius 2 is 1.97 bits per heavy atom. The number of nitrogens with one attached hydrogen (secondary N) is 1. The Morgan fingerprint density at radius 3 is 2.63 bits per heavy atom. The van der Waals surface area contributed by atoms with E-state index in [1.807, 2.05) is 56.0 Å². The first-order valence-corrected chi connectivity index (χ1v) is 9.77. The number of anilines is 1. The maximum atomic E-state index is 12.3. The number of hydrogen-bond donors (Lipinski definition) is 1. The second kappa shape index (κ2) is 9.09. The fraction of sp³-hybridized carbons (Fsp3) is 0.348. The standard InChI is InChI=1S/C23H27N3O4/c1-23(2,3)30-21(28)10-7-17-11-18-14-26(15-20(27)25-22(18)24-12-17)13-16-5-8-19(29-4)9-6-16/h5-12H,13-15H2,1-4H3,(H,24,25,27). The van der Waals surface area contributed by atoms with Crippen molar-refractivity contribution in [2.75, 3.05) is 19.0 Å². The van der Waals surface area contributed by atoms with E-state index in [2.05, 4.69) is 10.3 Å². The SMILES string of the molecule is COc1ccc(CN2CC(=O)Nc3ncc(C=CC(=O)OC(C)(C)C)cc3C2)cc1. The Morgan fingerprint density at radius 1 is 1.23 bits per heavy atom. The molecule has 3 rings (SSSR count). The lowest BCUT2D eigenvalue weighted by Gasteiger charge is -2.19. The van der Waals surface area contributed by atoms with Gasteiger partial charge in [-0.25, -0.2) is 9.78 Å². The number of benzene rings is 1. The molecule has 0 aliphatic carbocycles. The van der Waals surface area contributed by atoms with Crippen LogP contribution in [0.2, 0.25) is 0 Å². The summed E-state index contributed by atoms with van der Waals surface area (Å²) < 4.78 is 10.5. The van der Waals surface area contributed by atoms with E-state index < -0.39 is 11.6 Å². The molecule has 0 fully saturated rings. The number of rotatable bonds is 5. The summed E-state index contributed by atoms with van der Waals surface area (Å²) in [7, 11) is 1.63. The van der Waals surface area contributed by atoms with Gasteiger partial charge in [0.2, 0.25) is 5.91 Å². The summed E-state index contributed by atoms with van der Waals surface area (Å²) in [5.41, 5.74) is 2.20. The third-order valence-electron chi connectivity index (χ3n) is 4.39. The van der Waals surface area contributed by atoms with Crippen LogP contribution in [0.1, 0.15) is 37.5 Å². The van der Waals surface area contributed by atoms with Crippen LogP contribution in [0.15, 0.2) is 42.6 Å². The number of aromatic nitrogens is 1. The highest BCUT2D eigenvalue weighted by molar-refractivity contribution is 5.93. The minimum atomic E-state index is -0.542. The van der Waals surface area contributed by atoms with Crippen molar-refractivity contribution in [1.29, 1.82) is 0 Å². The lowest BCUT2D eigenvalue weighted by molar-refractivity contribution is -0.148. The Bertz CT molecular complexity index is 946. The number of carbonyl (C=O) groups is 2. The summed E-state index contributed by atoms with van der Waals surface area (Å²) in [6, 6.07) is 9.71. The molecular weight excluding hydrogens is 382 g/mol. The normalized spacial score (nSPS) is 14.7. The minimum Gasteiger partial charge on any atom is -0.497 e. The quantitative estimate of drug-likeness (QED) is 0.602. The molecule has 1 aliphatic heterocycles. The summed E-state index contributed by atoms with van der Waals surface area (Å²) in [4.78, 5) is 30.6. The van der Waals surface area contributed by atoms with Gasteiger partial charge in [0, 0.05) is 30.9 Å². The summed E-state index contributed by atoms with van der Waals surface area (Å²) >= 11 is 0. The molecule has 0 spiro atoms. The van der Waals surface area contributed by atoms with Gasteiger partial charge in [-0.1, -0.05) is 12.1 Å². The highest BCUT2D eigenvalue weighted by atomic mass is 16.6. The van der Waals surface area contributed by atoms with Crippen LogP contribution in [-0.4, -0.2) is 41.0 Å². The molecule has 30 heavy (non-hydrogen) atoms. The van der Waals surface area contributed by atoms with Crippen LogP contribution in [0.3, 0.4) is 0 Å². The molecular formula is C23H27N3O4. The van der Waals surface area contributed by atoms with Crippen molar-refractivity contribution in [3.8, 4) is 5.75 Å². The number of pyridine rings is 1. The Hall–Kier alpha value is -3.19. The Balaban J connectivity index is 1.74. The predicted molar refractivity (Wildman–Crippen MR) is 115 cm³/mol. The number of nitrogens with zero attached hydrogens (tertiary/aromatic N) is 2. The molecule has 7 nitrogen and oxygen atoms in total. The highest BCUT2D eigenvalue weighted by Gasteiger charge is 2.21. The average molecular weight is 409 g/mol. The van der Waals surface area contributed by atoms with E-state index in [0.29, 0.717) is 18.9 Å². The molecule has 1 N–H and O–H groups in total. The van der Waals surface area contributed by atoms with E-state index in [1.165, 1.54) is 6.08 Å². The van der Waals surface area contributed by atoms with Crippen LogP contribution in [-0.2, 0) is 27.4 Å². The zero-order chi connectivity index (χ0) is 21.7. The van der Waals surface area contributed by atoms with Crippen molar-refractivity contribution >= 4 is 23.8 Å². The molecule has 7 heteroatoms.